The van der Waals surface area contributed by atoms with Crippen molar-refractivity contribution in [2.24, 2.45) is 0 Å². The van der Waals surface area contributed by atoms with Crippen molar-refractivity contribution >= 4 is 22.9 Å². The summed E-state index contributed by atoms with van der Waals surface area (Å²) in [5, 5.41) is 11.5. The molecule has 0 fully saturated rings. The molecule has 132 valence electrons. The van der Waals surface area contributed by atoms with Gasteiger partial charge in [0, 0.05) is 13.1 Å². The molecule has 1 aliphatic heterocycles. The number of aromatic nitrogens is 2. The number of rotatable bonds is 2. The lowest BCUT2D eigenvalue weighted by Gasteiger charge is -2.28. The lowest BCUT2D eigenvalue weighted by molar-refractivity contribution is -0.143. The van der Waals surface area contributed by atoms with E-state index in [4.69, 9.17) is 16.7 Å². The van der Waals surface area contributed by atoms with Crippen molar-refractivity contribution in [3.8, 4) is 5.69 Å². The Morgan fingerprint density at radius 3 is 2.60 bits per heavy atom. The summed E-state index contributed by atoms with van der Waals surface area (Å²) in [5.41, 5.74) is -0.675. The summed E-state index contributed by atoms with van der Waals surface area (Å²) in [5.74, 6) is 0. The van der Waals surface area contributed by atoms with E-state index in [1.165, 1.54) is 17.0 Å². The summed E-state index contributed by atoms with van der Waals surface area (Å²) in [4.78, 5) is 23.6. The van der Waals surface area contributed by atoms with Crippen molar-refractivity contribution in [2.45, 2.75) is 19.1 Å². The molecule has 10 heteroatoms. The molecule has 0 aliphatic carbocycles. The fraction of sp³-hybridized carbons (Fsp3) is 0.267. The first-order valence-corrected chi connectivity index (χ1v) is 7.52. The Kier molecular flexibility index (Phi) is 4.19. The van der Waals surface area contributed by atoms with E-state index >= 15 is 0 Å². The number of carbonyl (C=O) groups excluding carboxylic acids is 1. The highest BCUT2D eigenvalue weighted by Crippen LogP contribution is 2.36. The number of carboxylic acid groups (broad SMARTS) is 1. The summed E-state index contributed by atoms with van der Waals surface area (Å²) in [6.07, 6.45) is -4.91. The second-order valence-corrected chi connectivity index (χ2v) is 5.80. The van der Waals surface area contributed by atoms with E-state index in [1.807, 2.05) is 0 Å². The Labute approximate surface area is 144 Å². The van der Waals surface area contributed by atoms with Gasteiger partial charge in [-0.2, -0.15) is 18.3 Å². The van der Waals surface area contributed by atoms with Crippen LogP contribution >= 0.6 is 11.6 Å². The minimum atomic E-state index is -4.83. The average molecular weight is 374 g/mol. The molecule has 1 aliphatic rings. The van der Waals surface area contributed by atoms with E-state index in [1.54, 1.807) is 6.07 Å². The highest BCUT2D eigenvalue weighted by atomic mass is 35.5. The number of hydrogen-bond donors (Lipinski definition) is 1. The Hall–Kier alpha value is -2.55. The molecule has 2 aromatic rings. The first-order chi connectivity index (χ1) is 11.7. The first kappa shape index (κ1) is 17.3. The molecule has 1 N–H and O–H groups in total. The highest BCUT2D eigenvalue weighted by molar-refractivity contribution is 6.67. The van der Waals surface area contributed by atoms with E-state index in [0.717, 1.165) is 6.20 Å². The Bertz CT molecular complexity index is 863. The molecular weight excluding hydrogens is 363 g/mol. The van der Waals surface area contributed by atoms with Crippen LogP contribution in [-0.2, 0) is 19.1 Å². The zero-order valence-corrected chi connectivity index (χ0v) is 13.3. The quantitative estimate of drug-likeness (QED) is 0.819. The Morgan fingerprint density at radius 1 is 1.28 bits per heavy atom. The molecule has 25 heavy (non-hydrogen) atoms. The number of fused-ring (bicyclic) bond motifs is 1. The van der Waals surface area contributed by atoms with Gasteiger partial charge in [-0.05, 0) is 35.2 Å². The van der Waals surface area contributed by atoms with E-state index in [9.17, 15) is 22.8 Å². The van der Waals surface area contributed by atoms with Gasteiger partial charge in [-0.3, -0.25) is 4.79 Å². The molecule has 1 aromatic heterocycles. The maximum absolute atomic E-state index is 13.4. The molecule has 6 nitrogen and oxygen atoms in total. The summed E-state index contributed by atoms with van der Waals surface area (Å²) in [6.45, 7) is 0.228. The van der Waals surface area contributed by atoms with Crippen LogP contribution in [0.3, 0.4) is 0 Å². The molecule has 0 spiro atoms. The number of halogens is 4. The van der Waals surface area contributed by atoms with Crippen molar-refractivity contribution < 1.29 is 27.9 Å². The van der Waals surface area contributed by atoms with Crippen molar-refractivity contribution in [3.05, 3.63) is 46.8 Å². The highest BCUT2D eigenvalue weighted by Gasteiger charge is 2.40. The smallest absolute Gasteiger partial charge is 0.434 e. The second kappa shape index (κ2) is 6.07. The fourth-order valence-electron chi connectivity index (χ4n) is 2.90. The molecular formula is C15H11ClF3N3O3. The minimum absolute atomic E-state index is 0.0718. The van der Waals surface area contributed by atoms with Crippen LogP contribution in [-0.4, -0.2) is 37.7 Å². The third-order valence-electron chi connectivity index (χ3n) is 3.99. The number of carbonyl (C=O) groups is 2. The van der Waals surface area contributed by atoms with Gasteiger partial charge in [0.2, 0.25) is 0 Å². The largest absolute Gasteiger partial charge is 0.465 e. The monoisotopic (exact) mass is 373 g/mol. The van der Waals surface area contributed by atoms with Gasteiger partial charge in [0.25, 0.3) is 5.24 Å². The minimum Gasteiger partial charge on any atom is -0.465 e. The Balaban J connectivity index is 2.15. The van der Waals surface area contributed by atoms with Gasteiger partial charge in [-0.15, -0.1) is 0 Å². The summed E-state index contributed by atoms with van der Waals surface area (Å²) in [7, 11) is 0. The molecule has 0 radical (unpaired) electrons. The SMILES string of the molecule is O=C(Cl)c1cnn(-c2cccc3c2CCN(C(=O)O)C3)c1C(F)(F)F. The van der Waals surface area contributed by atoms with Gasteiger partial charge in [-0.25, -0.2) is 9.48 Å². The summed E-state index contributed by atoms with van der Waals surface area (Å²) < 4.78 is 40.9. The lowest BCUT2D eigenvalue weighted by atomic mass is 9.98. The molecule has 1 aromatic carbocycles. The molecule has 0 saturated carbocycles. The van der Waals surface area contributed by atoms with Crippen molar-refractivity contribution in [1.82, 2.24) is 14.7 Å². The maximum atomic E-state index is 13.4. The van der Waals surface area contributed by atoms with E-state index in [0.29, 0.717) is 15.8 Å². The summed E-state index contributed by atoms with van der Waals surface area (Å²) in [6, 6.07) is 4.61. The van der Waals surface area contributed by atoms with E-state index in [2.05, 4.69) is 5.10 Å². The average Bonchev–Trinajstić information content (AvgIpc) is 2.99. The van der Waals surface area contributed by atoms with Gasteiger partial charge < -0.3 is 10.0 Å². The van der Waals surface area contributed by atoms with Gasteiger partial charge in [0.1, 0.15) is 0 Å². The van der Waals surface area contributed by atoms with Crippen LogP contribution in [0.2, 0.25) is 0 Å². The third-order valence-corrected chi connectivity index (χ3v) is 4.19. The predicted molar refractivity (Wildman–Crippen MR) is 80.9 cm³/mol. The van der Waals surface area contributed by atoms with Crippen LogP contribution in [0.4, 0.5) is 18.0 Å². The van der Waals surface area contributed by atoms with Gasteiger partial charge in [-0.1, -0.05) is 12.1 Å². The first-order valence-electron chi connectivity index (χ1n) is 7.14. The molecule has 1 amide bonds. The molecule has 0 atom stereocenters. The fourth-order valence-corrected chi connectivity index (χ4v) is 3.04. The topological polar surface area (TPSA) is 75.4 Å². The summed E-state index contributed by atoms with van der Waals surface area (Å²) >= 11 is 5.25. The lowest BCUT2D eigenvalue weighted by Crippen LogP contribution is -2.35. The predicted octanol–water partition coefficient (Wildman–Crippen LogP) is 3.31. The molecule has 0 saturated heterocycles. The van der Waals surface area contributed by atoms with Crippen LogP contribution in [0.1, 0.15) is 27.2 Å². The number of benzene rings is 1. The normalized spacial score (nSPS) is 14.3. The standard InChI is InChI=1S/C15H11ClF3N3O3/c16-13(23)10-6-20-22(12(10)15(17,18)19)11-3-1-2-8-7-21(14(24)25)5-4-9(8)11/h1-3,6H,4-5,7H2,(H,24,25). The number of nitrogens with zero attached hydrogens (tertiary/aromatic N) is 3. The van der Waals surface area contributed by atoms with Crippen LogP contribution in [0.5, 0.6) is 0 Å². The van der Waals surface area contributed by atoms with E-state index < -0.39 is 28.8 Å². The molecule has 2 heterocycles. The Morgan fingerprint density at radius 2 is 2.00 bits per heavy atom. The number of alkyl halides is 3. The zero-order chi connectivity index (χ0) is 18.4. The van der Waals surface area contributed by atoms with E-state index in [-0.39, 0.29) is 25.2 Å². The number of amides is 1. The number of hydrogen-bond acceptors (Lipinski definition) is 3. The molecule has 0 unspecified atom stereocenters. The second-order valence-electron chi connectivity index (χ2n) is 5.46. The van der Waals surface area contributed by atoms with Crippen LogP contribution in [0.15, 0.2) is 24.4 Å². The van der Waals surface area contributed by atoms with Crippen LogP contribution < -0.4 is 0 Å². The third kappa shape index (κ3) is 3.07. The van der Waals surface area contributed by atoms with Crippen molar-refractivity contribution in [3.63, 3.8) is 0 Å². The zero-order valence-electron chi connectivity index (χ0n) is 12.5. The van der Waals surface area contributed by atoms with Gasteiger partial charge in [0.15, 0.2) is 5.69 Å². The van der Waals surface area contributed by atoms with Crippen molar-refractivity contribution in [1.29, 1.82) is 0 Å². The van der Waals surface area contributed by atoms with Gasteiger partial charge in [0.05, 0.1) is 17.4 Å². The molecule has 3 rings (SSSR count). The molecule has 0 bridgehead atoms. The van der Waals surface area contributed by atoms with Gasteiger partial charge >= 0.3 is 12.3 Å². The maximum Gasteiger partial charge on any atom is 0.434 e. The van der Waals surface area contributed by atoms with Crippen LogP contribution in [0.25, 0.3) is 5.69 Å². The van der Waals surface area contributed by atoms with Crippen LogP contribution in [0, 0.1) is 0 Å². The van der Waals surface area contributed by atoms with Crippen molar-refractivity contribution in [2.75, 3.05) is 6.54 Å².